The number of anilines is 1. The van der Waals surface area contributed by atoms with Gasteiger partial charge in [0.15, 0.2) is 0 Å². The minimum Gasteiger partial charge on any atom is -0.384 e. The van der Waals surface area contributed by atoms with Crippen LogP contribution in [0.2, 0.25) is 0 Å². The predicted octanol–water partition coefficient (Wildman–Crippen LogP) is 3.98. The molecule has 1 heterocycles. The van der Waals surface area contributed by atoms with Crippen LogP contribution in [0.15, 0.2) is 30.3 Å². The molecule has 2 N–H and O–H groups in total. The van der Waals surface area contributed by atoms with Crippen LogP contribution in [0.4, 0.5) is 5.82 Å². The van der Waals surface area contributed by atoms with Gasteiger partial charge in [-0.3, -0.25) is 0 Å². The third-order valence-corrected chi connectivity index (χ3v) is 4.02. The summed E-state index contributed by atoms with van der Waals surface area (Å²) in [5.74, 6) is 2.44. The Hall–Kier alpha value is -1.77. The number of hydrogen-bond donors (Lipinski definition) is 1. The third kappa shape index (κ3) is 2.03. The highest BCUT2D eigenvalue weighted by Gasteiger charge is 2.28. The predicted molar refractivity (Wildman–Crippen MR) is 79.1 cm³/mol. The summed E-state index contributed by atoms with van der Waals surface area (Å²) in [6, 6.07) is 10.7. The molecular formula is C16H21N3. The highest BCUT2D eigenvalue weighted by atomic mass is 15.2. The maximum atomic E-state index is 6.35. The third-order valence-electron chi connectivity index (χ3n) is 4.02. The van der Waals surface area contributed by atoms with Gasteiger partial charge in [0.1, 0.15) is 11.6 Å². The number of benzene rings is 1. The average molecular weight is 255 g/mol. The normalized spacial score (nSPS) is 15.7. The number of rotatable bonds is 3. The summed E-state index contributed by atoms with van der Waals surface area (Å²) in [6.07, 6.45) is 3.76. The maximum absolute atomic E-state index is 6.35. The van der Waals surface area contributed by atoms with Crippen molar-refractivity contribution in [3.8, 4) is 11.4 Å². The number of imidazole rings is 1. The van der Waals surface area contributed by atoms with Crippen LogP contribution in [0.3, 0.4) is 0 Å². The summed E-state index contributed by atoms with van der Waals surface area (Å²) in [6.45, 7) is 4.32. The average Bonchev–Trinajstić information content (AvgIpc) is 2.67. The molecule has 1 saturated carbocycles. The number of nitrogens with zero attached hydrogens (tertiary/aromatic N) is 2. The van der Waals surface area contributed by atoms with Crippen molar-refractivity contribution in [2.24, 2.45) is 0 Å². The highest BCUT2D eigenvalue weighted by Crippen LogP contribution is 2.41. The van der Waals surface area contributed by atoms with E-state index in [1.807, 2.05) is 18.2 Å². The van der Waals surface area contributed by atoms with Crippen molar-refractivity contribution in [3.05, 3.63) is 36.0 Å². The molecule has 19 heavy (non-hydrogen) atoms. The molecule has 100 valence electrons. The van der Waals surface area contributed by atoms with Crippen molar-refractivity contribution >= 4 is 5.82 Å². The van der Waals surface area contributed by atoms with Gasteiger partial charge in [-0.15, -0.1) is 0 Å². The van der Waals surface area contributed by atoms with Gasteiger partial charge in [-0.2, -0.15) is 0 Å². The van der Waals surface area contributed by atoms with E-state index in [1.54, 1.807) is 0 Å². The molecule has 0 aliphatic heterocycles. The minimum atomic E-state index is 0.330. The van der Waals surface area contributed by atoms with Gasteiger partial charge in [-0.05, 0) is 26.7 Å². The van der Waals surface area contributed by atoms with E-state index in [0.717, 1.165) is 22.9 Å². The molecule has 1 aromatic carbocycles. The standard InChI is InChI=1S/C16H21N3/c1-11(2)19-15(17)14(12-9-6-10-12)18-16(19)13-7-4-3-5-8-13/h3-5,7-8,11-12H,6,9-10,17H2,1-2H3. The Morgan fingerprint density at radius 3 is 2.42 bits per heavy atom. The second-order valence-electron chi connectivity index (χ2n) is 5.66. The molecule has 0 spiro atoms. The van der Waals surface area contributed by atoms with Gasteiger partial charge in [0.25, 0.3) is 0 Å². The van der Waals surface area contributed by atoms with Crippen LogP contribution in [0.25, 0.3) is 11.4 Å². The van der Waals surface area contributed by atoms with Crippen molar-refractivity contribution in [2.75, 3.05) is 5.73 Å². The van der Waals surface area contributed by atoms with Crippen LogP contribution >= 0.6 is 0 Å². The lowest BCUT2D eigenvalue weighted by Crippen LogP contribution is -2.13. The molecule has 3 nitrogen and oxygen atoms in total. The van der Waals surface area contributed by atoms with Gasteiger partial charge >= 0.3 is 0 Å². The topological polar surface area (TPSA) is 43.8 Å². The quantitative estimate of drug-likeness (QED) is 0.901. The molecule has 1 fully saturated rings. The zero-order chi connectivity index (χ0) is 13.4. The highest BCUT2D eigenvalue weighted by molar-refractivity contribution is 5.61. The van der Waals surface area contributed by atoms with Crippen LogP contribution in [-0.4, -0.2) is 9.55 Å². The molecule has 1 aliphatic carbocycles. The molecule has 0 amide bonds. The maximum Gasteiger partial charge on any atom is 0.142 e. The first-order chi connectivity index (χ1) is 9.18. The second-order valence-corrected chi connectivity index (χ2v) is 5.66. The van der Waals surface area contributed by atoms with Crippen molar-refractivity contribution in [2.45, 2.75) is 45.1 Å². The molecule has 0 bridgehead atoms. The number of hydrogen-bond acceptors (Lipinski definition) is 2. The number of nitrogens with two attached hydrogens (primary N) is 1. The van der Waals surface area contributed by atoms with Gasteiger partial charge in [0.05, 0.1) is 5.69 Å². The van der Waals surface area contributed by atoms with Gasteiger partial charge in [-0.25, -0.2) is 4.98 Å². The fourth-order valence-corrected chi connectivity index (χ4v) is 2.76. The van der Waals surface area contributed by atoms with Gasteiger partial charge in [0.2, 0.25) is 0 Å². The summed E-state index contributed by atoms with van der Waals surface area (Å²) in [5, 5.41) is 0. The lowest BCUT2D eigenvalue weighted by Gasteiger charge is -2.24. The van der Waals surface area contributed by atoms with E-state index in [1.165, 1.54) is 19.3 Å². The van der Waals surface area contributed by atoms with Crippen molar-refractivity contribution in [1.82, 2.24) is 9.55 Å². The van der Waals surface area contributed by atoms with Crippen LogP contribution in [0.5, 0.6) is 0 Å². The molecule has 2 aromatic rings. The lowest BCUT2D eigenvalue weighted by atomic mass is 9.83. The number of aromatic nitrogens is 2. The Labute approximate surface area is 114 Å². The van der Waals surface area contributed by atoms with E-state index in [2.05, 4.69) is 30.5 Å². The Bertz CT molecular complexity index is 565. The first-order valence-corrected chi connectivity index (χ1v) is 7.11. The Balaban J connectivity index is 2.12. The summed E-state index contributed by atoms with van der Waals surface area (Å²) in [4.78, 5) is 4.86. The Morgan fingerprint density at radius 1 is 1.21 bits per heavy atom. The van der Waals surface area contributed by atoms with Crippen LogP contribution in [0, 0.1) is 0 Å². The van der Waals surface area contributed by atoms with Gasteiger partial charge in [-0.1, -0.05) is 36.8 Å². The molecule has 3 heteroatoms. The number of nitrogen functional groups attached to an aromatic ring is 1. The smallest absolute Gasteiger partial charge is 0.142 e. The van der Waals surface area contributed by atoms with E-state index < -0.39 is 0 Å². The van der Waals surface area contributed by atoms with Crippen molar-refractivity contribution < 1.29 is 0 Å². The molecule has 1 aromatic heterocycles. The Kier molecular flexibility index (Phi) is 3.05. The van der Waals surface area contributed by atoms with E-state index in [-0.39, 0.29) is 0 Å². The first kappa shape index (κ1) is 12.3. The molecule has 0 atom stereocenters. The minimum absolute atomic E-state index is 0.330. The molecule has 3 rings (SSSR count). The zero-order valence-corrected chi connectivity index (χ0v) is 11.6. The molecule has 1 aliphatic rings. The van der Waals surface area contributed by atoms with Crippen LogP contribution in [0.1, 0.15) is 50.8 Å². The molecule has 0 saturated heterocycles. The Morgan fingerprint density at radius 2 is 1.89 bits per heavy atom. The van der Waals surface area contributed by atoms with Crippen molar-refractivity contribution in [1.29, 1.82) is 0 Å². The van der Waals surface area contributed by atoms with Gasteiger partial charge in [0, 0.05) is 17.5 Å². The summed E-state index contributed by atoms with van der Waals surface area (Å²) in [7, 11) is 0. The largest absolute Gasteiger partial charge is 0.384 e. The van der Waals surface area contributed by atoms with Gasteiger partial charge < -0.3 is 10.3 Å². The van der Waals surface area contributed by atoms with E-state index in [0.29, 0.717) is 12.0 Å². The van der Waals surface area contributed by atoms with Crippen LogP contribution in [-0.2, 0) is 0 Å². The molecule has 0 unspecified atom stereocenters. The van der Waals surface area contributed by atoms with E-state index in [9.17, 15) is 0 Å². The summed E-state index contributed by atoms with van der Waals surface area (Å²) >= 11 is 0. The van der Waals surface area contributed by atoms with E-state index in [4.69, 9.17) is 10.7 Å². The summed E-state index contributed by atoms with van der Waals surface area (Å²) < 4.78 is 2.17. The zero-order valence-electron chi connectivity index (χ0n) is 11.6. The monoisotopic (exact) mass is 255 g/mol. The molecular weight excluding hydrogens is 234 g/mol. The first-order valence-electron chi connectivity index (χ1n) is 7.11. The molecule has 0 radical (unpaired) electrons. The lowest BCUT2D eigenvalue weighted by molar-refractivity contribution is 0.413. The fraction of sp³-hybridized carbons (Fsp3) is 0.438. The fourth-order valence-electron chi connectivity index (χ4n) is 2.76. The van der Waals surface area contributed by atoms with E-state index >= 15 is 0 Å². The summed E-state index contributed by atoms with van der Waals surface area (Å²) in [5.41, 5.74) is 8.61. The SMILES string of the molecule is CC(C)n1c(-c2ccccc2)nc(C2CCC2)c1N. The van der Waals surface area contributed by atoms with Crippen LogP contribution < -0.4 is 5.73 Å². The second kappa shape index (κ2) is 4.72. The van der Waals surface area contributed by atoms with Crippen molar-refractivity contribution in [3.63, 3.8) is 0 Å².